The number of nitrogens with one attached hydrogen (secondary N) is 1. The fraction of sp³-hybridized carbons (Fsp3) is 0.227. The van der Waals surface area contributed by atoms with Crippen molar-refractivity contribution in [3.8, 4) is 0 Å². The molecule has 0 bridgehead atoms. The van der Waals surface area contributed by atoms with Crippen LogP contribution in [0.2, 0.25) is 0 Å². The second-order valence-corrected chi connectivity index (χ2v) is 7.96. The molecule has 1 N–H and O–H groups in total. The Hall–Kier alpha value is -3.46. The van der Waals surface area contributed by atoms with Crippen molar-refractivity contribution < 1.29 is 9.32 Å². The van der Waals surface area contributed by atoms with Crippen LogP contribution in [-0.4, -0.2) is 30.8 Å². The highest BCUT2D eigenvalue weighted by atomic mass is 32.2. The maximum Gasteiger partial charge on any atom is 0.254 e. The molecule has 158 valence electrons. The van der Waals surface area contributed by atoms with Gasteiger partial charge in [-0.05, 0) is 37.1 Å². The maximum absolute atomic E-state index is 12.9. The zero-order valence-electron chi connectivity index (χ0n) is 17.3. The van der Waals surface area contributed by atoms with Crippen molar-refractivity contribution in [1.29, 1.82) is 0 Å². The van der Waals surface area contributed by atoms with Gasteiger partial charge < -0.3 is 9.84 Å². The summed E-state index contributed by atoms with van der Waals surface area (Å²) >= 11 is 1.50. The van der Waals surface area contributed by atoms with Crippen molar-refractivity contribution in [3.05, 3.63) is 89.0 Å². The van der Waals surface area contributed by atoms with Crippen LogP contribution in [0.1, 0.15) is 38.5 Å². The van der Waals surface area contributed by atoms with Crippen molar-refractivity contribution in [3.63, 3.8) is 0 Å². The molecular formula is C22H22N6O2S. The lowest BCUT2D eigenvalue weighted by atomic mass is 10.1. The molecular weight excluding hydrogens is 412 g/mol. The Morgan fingerprint density at radius 2 is 2.00 bits per heavy atom. The number of benzene rings is 1. The molecule has 9 heteroatoms. The number of carbonyl (C=O) groups is 1. The van der Waals surface area contributed by atoms with Gasteiger partial charge in [-0.25, -0.2) is 14.6 Å². The number of pyridine rings is 1. The predicted molar refractivity (Wildman–Crippen MR) is 117 cm³/mol. The van der Waals surface area contributed by atoms with Crippen LogP contribution in [-0.2, 0) is 18.8 Å². The fourth-order valence-electron chi connectivity index (χ4n) is 3.17. The second kappa shape index (κ2) is 9.57. The second-order valence-electron chi connectivity index (χ2n) is 6.99. The van der Waals surface area contributed by atoms with Crippen LogP contribution in [0, 0.1) is 13.8 Å². The summed E-state index contributed by atoms with van der Waals surface area (Å²) in [5.41, 5.74) is 4.54. The van der Waals surface area contributed by atoms with Gasteiger partial charge in [0.05, 0.1) is 17.8 Å². The predicted octanol–water partition coefficient (Wildman–Crippen LogP) is 3.55. The molecule has 0 aliphatic heterocycles. The van der Waals surface area contributed by atoms with E-state index in [9.17, 15) is 4.79 Å². The van der Waals surface area contributed by atoms with E-state index < -0.39 is 0 Å². The smallest absolute Gasteiger partial charge is 0.254 e. The minimum Gasteiger partial charge on any atom is -0.361 e. The van der Waals surface area contributed by atoms with E-state index in [2.05, 4.69) is 25.5 Å². The monoisotopic (exact) mass is 434 g/mol. The third-order valence-electron chi connectivity index (χ3n) is 4.91. The van der Waals surface area contributed by atoms with Crippen LogP contribution in [0.4, 0.5) is 0 Å². The summed E-state index contributed by atoms with van der Waals surface area (Å²) in [5, 5.41) is 11.8. The number of nitrogens with zero attached hydrogens (tertiary/aromatic N) is 5. The molecule has 0 saturated carbocycles. The van der Waals surface area contributed by atoms with Crippen LogP contribution in [0.3, 0.4) is 0 Å². The van der Waals surface area contributed by atoms with Crippen LogP contribution < -0.4 is 5.32 Å². The first-order chi connectivity index (χ1) is 15.1. The van der Waals surface area contributed by atoms with Crippen LogP contribution in [0.25, 0.3) is 0 Å². The third kappa shape index (κ3) is 5.00. The molecule has 4 rings (SSSR count). The normalized spacial score (nSPS) is 10.9. The first kappa shape index (κ1) is 20.8. The van der Waals surface area contributed by atoms with Crippen molar-refractivity contribution in [2.24, 2.45) is 0 Å². The van der Waals surface area contributed by atoms with Crippen LogP contribution in [0.5, 0.6) is 0 Å². The topological polar surface area (TPSA) is 98.7 Å². The molecule has 3 heterocycles. The van der Waals surface area contributed by atoms with Gasteiger partial charge in [0.1, 0.15) is 23.4 Å². The summed E-state index contributed by atoms with van der Waals surface area (Å²) in [6.07, 6.45) is 4.88. The summed E-state index contributed by atoms with van der Waals surface area (Å²) < 4.78 is 6.98. The highest BCUT2D eigenvalue weighted by Crippen LogP contribution is 2.27. The zero-order chi connectivity index (χ0) is 21.6. The van der Waals surface area contributed by atoms with Gasteiger partial charge in [-0.3, -0.25) is 4.79 Å². The minimum atomic E-state index is -0.162. The average Bonchev–Trinajstić information content (AvgIpc) is 3.41. The first-order valence-corrected chi connectivity index (χ1v) is 10.8. The quantitative estimate of drug-likeness (QED) is 0.423. The van der Waals surface area contributed by atoms with Crippen molar-refractivity contribution in [2.45, 2.75) is 37.7 Å². The van der Waals surface area contributed by atoms with Crippen molar-refractivity contribution in [2.75, 3.05) is 0 Å². The van der Waals surface area contributed by atoms with E-state index >= 15 is 0 Å². The van der Waals surface area contributed by atoms with Gasteiger partial charge in [0, 0.05) is 24.1 Å². The molecule has 0 aliphatic rings. The molecule has 0 spiro atoms. The number of aromatic nitrogens is 5. The van der Waals surface area contributed by atoms with Crippen molar-refractivity contribution in [1.82, 2.24) is 30.2 Å². The lowest BCUT2D eigenvalue weighted by Gasteiger charge is -2.12. The molecule has 4 aromatic rings. The van der Waals surface area contributed by atoms with Crippen LogP contribution in [0.15, 0.2) is 64.8 Å². The van der Waals surface area contributed by atoms with E-state index in [0.29, 0.717) is 29.4 Å². The average molecular weight is 435 g/mol. The molecule has 0 aliphatic carbocycles. The van der Waals surface area contributed by atoms with Crippen molar-refractivity contribution >= 4 is 17.7 Å². The fourth-order valence-corrected chi connectivity index (χ4v) is 4.32. The highest BCUT2D eigenvalue weighted by Gasteiger charge is 2.16. The summed E-state index contributed by atoms with van der Waals surface area (Å²) in [6, 6.07) is 11.5. The molecule has 1 amide bonds. The summed E-state index contributed by atoms with van der Waals surface area (Å²) in [4.78, 5) is 21.3. The largest absolute Gasteiger partial charge is 0.361 e. The van der Waals surface area contributed by atoms with Gasteiger partial charge >= 0.3 is 0 Å². The van der Waals surface area contributed by atoms with Gasteiger partial charge in [0.15, 0.2) is 0 Å². The van der Waals surface area contributed by atoms with Crippen LogP contribution >= 0.6 is 11.8 Å². The van der Waals surface area contributed by atoms with E-state index in [1.54, 1.807) is 29.3 Å². The number of hydrogen-bond donors (Lipinski definition) is 1. The Morgan fingerprint density at radius 3 is 2.74 bits per heavy atom. The Balaban J connectivity index is 1.44. The summed E-state index contributed by atoms with van der Waals surface area (Å²) in [5.74, 6) is 1.26. The van der Waals surface area contributed by atoms with E-state index in [0.717, 1.165) is 28.1 Å². The summed E-state index contributed by atoms with van der Waals surface area (Å²) in [6.45, 7) is 4.80. The molecule has 8 nitrogen and oxygen atoms in total. The lowest BCUT2D eigenvalue weighted by molar-refractivity contribution is 0.0947. The summed E-state index contributed by atoms with van der Waals surface area (Å²) in [7, 11) is 0. The van der Waals surface area contributed by atoms with E-state index in [4.69, 9.17) is 4.52 Å². The standard InChI is InChI=1S/C22H22N6O2S/c1-15-20(16(2)30-27-15)12-31-22-19(8-5-9-24-22)21(29)25-10-17-6-3-4-7-18(17)11-28-14-23-13-26-28/h3-9,13-14H,10-12H2,1-2H3,(H,25,29). The number of thioether (sulfide) groups is 1. The van der Waals surface area contributed by atoms with Gasteiger partial charge in [0.25, 0.3) is 5.91 Å². The van der Waals surface area contributed by atoms with Gasteiger partial charge in [-0.2, -0.15) is 5.10 Å². The maximum atomic E-state index is 12.9. The molecule has 3 aromatic heterocycles. The number of rotatable bonds is 8. The molecule has 0 atom stereocenters. The highest BCUT2D eigenvalue weighted by molar-refractivity contribution is 7.98. The molecule has 0 fully saturated rings. The molecule has 0 unspecified atom stereocenters. The van der Waals surface area contributed by atoms with E-state index in [-0.39, 0.29) is 5.91 Å². The first-order valence-electron chi connectivity index (χ1n) is 9.78. The molecule has 0 saturated heterocycles. The Kier molecular flexibility index (Phi) is 6.42. The zero-order valence-corrected chi connectivity index (χ0v) is 18.1. The lowest BCUT2D eigenvalue weighted by Crippen LogP contribution is -2.24. The Labute approximate surface area is 184 Å². The number of hydrogen-bond acceptors (Lipinski definition) is 7. The number of aryl methyl sites for hydroxylation is 2. The van der Waals surface area contributed by atoms with E-state index in [1.807, 2.05) is 38.1 Å². The third-order valence-corrected chi connectivity index (χ3v) is 5.94. The number of carbonyl (C=O) groups excluding carboxylic acids is 1. The molecule has 31 heavy (non-hydrogen) atoms. The Bertz CT molecular complexity index is 1150. The van der Waals surface area contributed by atoms with Gasteiger partial charge in [0.2, 0.25) is 0 Å². The minimum absolute atomic E-state index is 0.162. The molecule has 1 aromatic carbocycles. The van der Waals surface area contributed by atoms with E-state index in [1.165, 1.54) is 18.1 Å². The number of amides is 1. The SMILES string of the molecule is Cc1noc(C)c1CSc1ncccc1C(=O)NCc1ccccc1Cn1cncn1. The van der Waals surface area contributed by atoms with Gasteiger partial charge in [-0.15, -0.1) is 11.8 Å². The Morgan fingerprint density at radius 1 is 1.16 bits per heavy atom. The molecule has 0 radical (unpaired) electrons. The van der Waals surface area contributed by atoms with Gasteiger partial charge in [-0.1, -0.05) is 29.4 Å².